The molecule has 0 aliphatic rings. The highest BCUT2D eigenvalue weighted by molar-refractivity contribution is 7.97. The second-order valence-corrected chi connectivity index (χ2v) is 3.74. The number of primary amides is 1. The first kappa shape index (κ1) is 43.1. The maximum Gasteiger partial charge on any atom is 0.404 e. The molecule has 10 nitrogen and oxygen atoms in total. The lowest BCUT2D eigenvalue weighted by Gasteiger charge is -1.91. The van der Waals surface area contributed by atoms with Crippen LogP contribution < -0.4 is 21.7 Å². The van der Waals surface area contributed by atoms with Crippen molar-refractivity contribution in [1.82, 2.24) is 16.0 Å². The summed E-state index contributed by atoms with van der Waals surface area (Å²) < 4.78 is 0. The van der Waals surface area contributed by atoms with Gasteiger partial charge in [0, 0.05) is 35.0 Å². The van der Waals surface area contributed by atoms with E-state index < -0.39 is 12.1 Å². The molecule has 0 aromatic carbocycles. The van der Waals surface area contributed by atoms with Crippen molar-refractivity contribution in [2.24, 2.45) is 5.73 Å². The second-order valence-electron chi connectivity index (χ2n) is 2.92. The van der Waals surface area contributed by atoms with Crippen molar-refractivity contribution in [2.45, 2.75) is 28.7 Å². The fourth-order valence-corrected chi connectivity index (χ4v) is 0.125. The van der Waals surface area contributed by atoms with Crippen LogP contribution in [-0.4, -0.2) is 67.9 Å². The van der Waals surface area contributed by atoms with Gasteiger partial charge in [-0.3, -0.25) is 9.59 Å². The summed E-state index contributed by atoms with van der Waals surface area (Å²) in [5.74, 6) is -1.17. The van der Waals surface area contributed by atoms with Crippen LogP contribution in [0.3, 0.4) is 0 Å². The molecule has 0 heterocycles. The molecule has 0 saturated carbocycles. The molecule has 0 aromatic heterocycles. The molecule has 0 radical (unpaired) electrons. The number of urea groups is 1. The van der Waals surface area contributed by atoms with E-state index in [1.807, 2.05) is 17.8 Å². The van der Waals surface area contributed by atoms with Gasteiger partial charge in [-0.2, -0.15) is 11.8 Å². The van der Waals surface area contributed by atoms with E-state index in [1.165, 1.54) is 14.0 Å². The predicted octanol–water partition coefficient (Wildman–Crippen LogP) is 1.26. The molecule has 0 spiro atoms. The van der Waals surface area contributed by atoms with Crippen LogP contribution in [0.2, 0.25) is 0 Å². The van der Waals surface area contributed by atoms with E-state index in [4.69, 9.17) is 15.0 Å². The Balaban J connectivity index is -0.0000000300. The summed E-state index contributed by atoms with van der Waals surface area (Å²) in [6.45, 7) is 2.39. The second kappa shape index (κ2) is 42.8. The van der Waals surface area contributed by atoms with Gasteiger partial charge in [0.2, 0.25) is 5.91 Å². The predicted molar refractivity (Wildman–Crippen MR) is 102 cm³/mol. The van der Waals surface area contributed by atoms with E-state index in [9.17, 15) is 14.4 Å². The Labute approximate surface area is 150 Å². The minimum atomic E-state index is -0.995. The van der Waals surface area contributed by atoms with Gasteiger partial charge in [-0.1, -0.05) is 14.9 Å². The number of amides is 4. The van der Waals surface area contributed by atoms with E-state index in [-0.39, 0.29) is 26.8 Å². The third-order valence-electron chi connectivity index (χ3n) is 0.668. The normalized spacial score (nSPS) is 5.96. The van der Waals surface area contributed by atoms with Gasteiger partial charge in [0.05, 0.1) is 0 Å². The third kappa shape index (κ3) is 479. The van der Waals surface area contributed by atoms with E-state index in [2.05, 4.69) is 16.4 Å². The molecule has 0 atom stereocenters. The first-order valence-electron chi connectivity index (χ1n) is 5.62. The molecule has 0 unspecified atom stereocenters. The lowest BCUT2D eigenvalue weighted by molar-refractivity contribution is -0.134. The average molecular weight is 377 g/mol. The zero-order chi connectivity index (χ0) is 19.1. The smallest absolute Gasteiger partial charge is 0.404 e. The van der Waals surface area contributed by atoms with Gasteiger partial charge in [-0.25, -0.2) is 9.59 Å². The van der Waals surface area contributed by atoms with Crippen LogP contribution in [0, 0.1) is 0 Å². The molecule has 0 aliphatic heterocycles. The molecular formula is C13H36N4O6S. The van der Waals surface area contributed by atoms with Crippen molar-refractivity contribution in [3.8, 4) is 0 Å². The minimum Gasteiger partial charge on any atom is -0.481 e. The zero-order valence-corrected chi connectivity index (χ0v) is 14.8. The number of nitrogens with one attached hydrogen (secondary N) is 3. The molecule has 7 N–H and O–H groups in total. The number of carbonyl (C=O) groups excluding carboxylic acids is 2. The molecule has 11 heteroatoms. The Morgan fingerprint density at radius 3 is 0.958 bits per heavy atom. The van der Waals surface area contributed by atoms with Crippen molar-refractivity contribution < 1.29 is 29.4 Å². The molecule has 4 amide bonds. The SMILES string of the molecule is C.C.CC(=O)O.CC(N)=O.CNC(=O)NC.CNC(=O)O.CSC. The topological polar surface area (TPSA) is 171 Å². The highest BCUT2D eigenvalue weighted by atomic mass is 32.2. The van der Waals surface area contributed by atoms with Crippen molar-refractivity contribution in [1.29, 1.82) is 0 Å². The average Bonchev–Trinajstić information content (AvgIpc) is 2.38. The van der Waals surface area contributed by atoms with Gasteiger partial charge in [0.15, 0.2) is 0 Å². The molecule has 24 heavy (non-hydrogen) atoms. The highest BCUT2D eigenvalue weighted by Gasteiger charge is 1.81. The van der Waals surface area contributed by atoms with Crippen molar-refractivity contribution in [3.63, 3.8) is 0 Å². The van der Waals surface area contributed by atoms with Crippen LogP contribution in [0.25, 0.3) is 0 Å². The van der Waals surface area contributed by atoms with Gasteiger partial charge >= 0.3 is 12.1 Å². The van der Waals surface area contributed by atoms with Crippen LogP contribution in [-0.2, 0) is 9.59 Å². The number of hydrogen-bond donors (Lipinski definition) is 6. The fraction of sp³-hybridized carbons (Fsp3) is 0.692. The van der Waals surface area contributed by atoms with Crippen LogP contribution in [0.1, 0.15) is 28.7 Å². The van der Waals surface area contributed by atoms with E-state index >= 15 is 0 Å². The van der Waals surface area contributed by atoms with Gasteiger partial charge in [0.1, 0.15) is 0 Å². The van der Waals surface area contributed by atoms with Crippen LogP contribution in [0.4, 0.5) is 9.59 Å². The molecule has 0 aliphatic carbocycles. The number of hydrogen-bond acceptors (Lipinski definition) is 5. The first-order chi connectivity index (χ1) is 9.96. The van der Waals surface area contributed by atoms with Crippen molar-refractivity contribution in [2.75, 3.05) is 33.7 Å². The molecule has 0 fully saturated rings. The van der Waals surface area contributed by atoms with Crippen LogP contribution in [0.5, 0.6) is 0 Å². The molecule has 0 bridgehead atoms. The van der Waals surface area contributed by atoms with Crippen molar-refractivity contribution in [3.05, 3.63) is 0 Å². The standard InChI is InChI=1S/C3H8N2O.C2H5NO2.C2H5NO.C2H4O2.C2H6S.2CH4/c1-4-3(6)5-2;1-3-2(4)5;2*1-2(3)4;1-3-2;;/h1-2H3,(H2,4,5,6);3H,1H3,(H,4,5);1H3,(H2,3,4);1H3,(H,3,4);1-2H3;2*1H4. The summed E-state index contributed by atoms with van der Waals surface area (Å²) in [6, 6.07) is -0.157. The maximum absolute atomic E-state index is 9.96. The number of carbonyl (C=O) groups is 4. The summed E-state index contributed by atoms with van der Waals surface area (Å²) in [5.41, 5.74) is 4.47. The number of aliphatic carboxylic acids is 1. The fourth-order valence-electron chi connectivity index (χ4n) is 0.125. The Bertz CT molecular complexity index is 266. The Kier molecular flexibility index (Phi) is 76.8. The van der Waals surface area contributed by atoms with Crippen molar-refractivity contribution >= 4 is 35.8 Å². The van der Waals surface area contributed by atoms with Gasteiger partial charge in [0.25, 0.3) is 5.97 Å². The molecule has 0 saturated heterocycles. The quantitative estimate of drug-likeness (QED) is 0.369. The molecule has 0 rings (SSSR count). The van der Waals surface area contributed by atoms with Gasteiger partial charge in [-0.05, 0) is 12.5 Å². The Hall–Kier alpha value is -2.17. The van der Waals surface area contributed by atoms with Crippen LogP contribution >= 0.6 is 11.8 Å². The van der Waals surface area contributed by atoms with E-state index in [1.54, 1.807) is 25.9 Å². The molecular weight excluding hydrogens is 340 g/mol. The van der Waals surface area contributed by atoms with E-state index in [0.717, 1.165) is 6.92 Å². The maximum atomic E-state index is 9.96. The summed E-state index contributed by atoms with van der Waals surface area (Å²) in [4.78, 5) is 37.4. The van der Waals surface area contributed by atoms with E-state index in [0.29, 0.717) is 0 Å². The molecule has 150 valence electrons. The molecule has 0 aromatic rings. The summed E-state index contributed by atoms with van der Waals surface area (Å²) in [6.07, 6.45) is 3.09. The Morgan fingerprint density at radius 1 is 0.833 bits per heavy atom. The first-order valence-corrected chi connectivity index (χ1v) is 7.25. The summed E-state index contributed by atoms with van der Waals surface area (Å²) in [5, 5.41) is 21.7. The minimum absolute atomic E-state index is 0. The summed E-state index contributed by atoms with van der Waals surface area (Å²) >= 11 is 1.75. The highest BCUT2D eigenvalue weighted by Crippen LogP contribution is 1.70. The number of rotatable bonds is 0. The lowest BCUT2D eigenvalue weighted by atomic mass is 10.8. The van der Waals surface area contributed by atoms with Crippen LogP contribution in [0.15, 0.2) is 0 Å². The third-order valence-corrected chi connectivity index (χ3v) is 0.668. The Morgan fingerprint density at radius 2 is 0.958 bits per heavy atom. The number of carboxylic acid groups (broad SMARTS) is 2. The van der Waals surface area contributed by atoms with Gasteiger partial charge < -0.3 is 31.9 Å². The number of carboxylic acids is 1. The zero-order valence-electron chi connectivity index (χ0n) is 14.0. The number of thioether (sulfide) groups is 1. The van der Waals surface area contributed by atoms with Gasteiger partial charge in [-0.15, -0.1) is 0 Å². The lowest BCUT2D eigenvalue weighted by Crippen LogP contribution is -2.28. The summed E-state index contributed by atoms with van der Waals surface area (Å²) in [7, 11) is 4.49. The largest absolute Gasteiger partial charge is 0.481 e. The monoisotopic (exact) mass is 376 g/mol. The number of nitrogens with two attached hydrogens (primary N) is 1.